The molecule has 2 N–H and O–H groups in total. The van der Waals surface area contributed by atoms with Gasteiger partial charge in [-0.25, -0.2) is 0 Å². The fourth-order valence-corrected chi connectivity index (χ4v) is 2.09. The lowest BCUT2D eigenvalue weighted by Crippen LogP contribution is -2.50. The zero-order chi connectivity index (χ0) is 12.3. The molecule has 1 aliphatic heterocycles. The average Bonchev–Trinajstić information content (AvgIpc) is 2.30. The molecule has 0 bridgehead atoms. The molecule has 94 valence electrons. The van der Waals surface area contributed by atoms with Crippen molar-refractivity contribution in [3.8, 4) is 0 Å². The molecule has 1 aromatic rings. The summed E-state index contributed by atoms with van der Waals surface area (Å²) in [6, 6.07) is 6.43. The Bertz CT molecular complexity index is 380. The third-order valence-electron chi connectivity index (χ3n) is 3.55. The molecular formula is C14H21NO2. The molecule has 0 radical (unpaired) electrons. The van der Waals surface area contributed by atoms with Crippen molar-refractivity contribution in [2.75, 3.05) is 31.7 Å². The molecule has 0 unspecified atom stereocenters. The summed E-state index contributed by atoms with van der Waals surface area (Å²) >= 11 is 0. The molecule has 1 aliphatic rings. The first-order valence-electron chi connectivity index (χ1n) is 6.21. The van der Waals surface area contributed by atoms with Gasteiger partial charge in [0.05, 0.1) is 25.2 Å². The molecule has 0 amide bonds. The molecule has 0 aromatic heterocycles. The van der Waals surface area contributed by atoms with Gasteiger partial charge in [0.1, 0.15) is 0 Å². The topological polar surface area (TPSA) is 41.5 Å². The van der Waals surface area contributed by atoms with Crippen molar-refractivity contribution in [3.63, 3.8) is 0 Å². The molecule has 2 rings (SSSR count). The third kappa shape index (κ3) is 2.61. The van der Waals surface area contributed by atoms with Gasteiger partial charge in [0.15, 0.2) is 0 Å². The number of hydrogen-bond donors (Lipinski definition) is 2. The highest BCUT2D eigenvalue weighted by atomic mass is 16.5. The lowest BCUT2D eigenvalue weighted by molar-refractivity contribution is -0.128. The van der Waals surface area contributed by atoms with Crippen LogP contribution in [0, 0.1) is 12.3 Å². The van der Waals surface area contributed by atoms with E-state index in [9.17, 15) is 5.11 Å². The van der Waals surface area contributed by atoms with Crippen molar-refractivity contribution in [2.45, 2.75) is 20.3 Å². The lowest BCUT2D eigenvalue weighted by Gasteiger charge is -2.40. The Kier molecular flexibility index (Phi) is 3.69. The van der Waals surface area contributed by atoms with Gasteiger partial charge in [-0.05, 0) is 36.6 Å². The number of rotatable bonds is 5. The highest BCUT2D eigenvalue weighted by Crippen LogP contribution is 2.27. The second-order valence-electron chi connectivity index (χ2n) is 5.00. The fourth-order valence-electron chi connectivity index (χ4n) is 2.09. The molecule has 0 atom stereocenters. The van der Waals surface area contributed by atoms with E-state index < -0.39 is 0 Å². The van der Waals surface area contributed by atoms with Crippen molar-refractivity contribution >= 4 is 5.69 Å². The number of aliphatic hydroxyl groups is 1. The SMILES string of the molecule is CCc1cc(NCC2(CO)COC2)ccc1C. The Morgan fingerprint density at radius 3 is 2.71 bits per heavy atom. The summed E-state index contributed by atoms with van der Waals surface area (Å²) in [5, 5.41) is 12.7. The highest BCUT2D eigenvalue weighted by Gasteiger charge is 2.37. The number of aryl methyl sites for hydroxylation is 2. The molecule has 0 spiro atoms. The van der Waals surface area contributed by atoms with Gasteiger partial charge in [0.25, 0.3) is 0 Å². The number of hydrogen-bond acceptors (Lipinski definition) is 3. The third-order valence-corrected chi connectivity index (χ3v) is 3.55. The monoisotopic (exact) mass is 235 g/mol. The molecule has 1 saturated heterocycles. The van der Waals surface area contributed by atoms with Crippen LogP contribution in [0.2, 0.25) is 0 Å². The fraction of sp³-hybridized carbons (Fsp3) is 0.571. The maximum absolute atomic E-state index is 9.34. The lowest BCUT2D eigenvalue weighted by atomic mass is 9.87. The Morgan fingerprint density at radius 2 is 2.18 bits per heavy atom. The van der Waals surface area contributed by atoms with Crippen LogP contribution in [0.15, 0.2) is 18.2 Å². The molecule has 3 heteroatoms. The number of anilines is 1. The van der Waals surface area contributed by atoms with Gasteiger partial charge in [-0.3, -0.25) is 0 Å². The van der Waals surface area contributed by atoms with Crippen LogP contribution in [0.1, 0.15) is 18.1 Å². The largest absolute Gasteiger partial charge is 0.396 e. The van der Waals surface area contributed by atoms with Crippen LogP contribution >= 0.6 is 0 Å². The smallest absolute Gasteiger partial charge is 0.0584 e. The van der Waals surface area contributed by atoms with Crippen LogP contribution < -0.4 is 5.32 Å². The highest BCUT2D eigenvalue weighted by molar-refractivity contribution is 5.48. The first kappa shape index (κ1) is 12.4. The molecule has 17 heavy (non-hydrogen) atoms. The van der Waals surface area contributed by atoms with E-state index in [1.54, 1.807) is 0 Å². The summed E-state index contributed by atoms with van der Waals surface area (Å²) in [6.07, 6.45) is 1.05. The second-order valence-corrected chi connectivity index (χ2v) is 5.00. The summed E-state index contributed by atoms with van der Waals surface area (Å²) in [5.74, 6) is 0. The minimum atomic E-state index is -0.0722. The summed E-state index contributed by atoms with van der Waals surface area (Å²) < 4.78 is 5.18. The summed E-state index contributed by atoms with van der Waals surface area (Å²) in [6.45, 7) is 6.58. The quantitative estimate of drug-likeness (QED) is 0.820. The van der Waals surface area contributed by atoms with Crippen LogP contribution in [0.5, 0.6) is 0 Å². The normalized spacial score (nSPS) is 17.6. The van der Waals surface area contributed by atoms with E-state index in [1.807, 2.05) is 0 Å². The zero-order valence-corrected chi connectivity index (χ0v) is 10.6. The second kappa shape index (κ2) is 5.07. The van der Waals surface area contributed by atoms with E-state index in [0.29, 0.717) is 13.2 Å². The van der Waals surface area contributed by atoms with Crippen LogP contribution in [-0.2, 0) is 11.2 Å². The Balaban J connectivity index is 1.99. The van der Waals surface area contributed by atoms with E-state index >= 15 is 0 Å². The van der Waals surface area contributed by atoms with E-state index in [2.05, 4.69) is 37.4 Å². The van der Waals surface area contributed by atoms with E-state index in [4.69, 9.17) is 4.74 Å². The minimum absolute atomic E-state index is 0.0722. The van der Waals surface area contributed by atoms with Gasteiger partial charge < -0.3 is 15.2 Å². The number of ether oxygens (including phenoxy) is 1. The number of benzene rings is 1. The van der Waals surface area contributed by atoms with E-state index in [1.165, 1.54) is 11.1 Å². The van der Waals surface area contributed by atoms with Gasteiger partial charge in [-0.15, -0.1) is 0 Å². The Labute approximate surface area is 103 Å². The van der Waals surface area contributed by atoms with Gasteiger partial charge in [-0.1, -0.05) is 13.0 Å². The molecule has 3 nitrogen and oxygen atoms in total. The summed E-state index contributed by atoms with van der Waals surface area (Å²) in [7, 11) is 0. The first-order valence-corrected chi connectivity index (χ1v) is 6.21. The number of nitrogens with one attached hydrogen (secondary N) is 1. The molecule has 1 heterocycles. The van der Waals surface area contributed by atoms with Crippen LogP contribution in [0.3, 0.4) is 0 Å². The van der Waals surface area contributed by atoms with Gasteiger partial charge >= 0.3 is 0 Å². The molecule has 1 fully saturated rings. The van der Waals surface area contributed by atoms with Crippen LogP contribution in [0.25, 0.3) is 0 Å². The van der Waals surface area contributed by atoms with Crippen LogP contribution in [-0.4, -0.2) is 31.5 Å². The predicted molar refractivity (Wildman–Crippen MR) is 69.4 cm³/mol. The average molecular weight is 235 g/mol. The maximum Gasteiger partial charge on any atom is 0.0584 e. The van der Waals surface area contributed by atoms with Gasteiger partial charge in [-0.2, -0.15) is 0 Å². The van der Waals surface area contributed by atoms with Gasteiger partial charge in [0.2, 0.25) is 0 Å². The molecule has 0 aliphatic carbocycles. The minimum Gasteiger partial charge on any atom is -0.396 e. The maximum atomic E-state index is 9.34. The molecule has 1 aromatic carbocycles. The van der Waals surface area contributed by atoms with Crippen molar-refractivity contribution in [1.29, 1.82) is 0 Å². The van der Waals surface area contributed by atoms with Crippen molar-refractivity contribution in [3.05, 3.63) is 29.3 Å². The van der Waals surface area contributed by atoms with Crippen molar-refractivity contribution in [1.82, 2.24) is 0 Å². The summed E-state index contributed by atoms with van der Waals surface area (Å²) in [4.78, 5) is 0. The van der Waals surface area contributed by atoms with Crippen molar-refractivity contribution < 1.29 is 9.84 Å². The Morgan fingerprint density at radius 1 is 1.41 bits per heavy atom. The zero-order valence-electron chi connectivity index (χ0n) is 10.6. The van der Waals surface area contributed by atoms with Gasteiger partial charge in [0, 0.05) is 12.2 Å². The predicted octanol–water partition coefficient (Wildman–Crippen LogP) is 1.98. The summed E-state index contributed by atoms with van der Waals surface area (Å²) in [5.41, 5.74) is 3.77. The van der Waals surface area contributed by atoms with Crippen LogP contribution in [0.4, 0.5) is 5.69 Å². The molecular weight excluding hydrogens is 214 g/mol. The first-order chi connectivity index (χ1) is 8.19. The molecule has 0 saturated carbocycles. The Hall–Kier alpha value is -1.06. The van der Waals surface area contributed by atoms with E-state index in [0.717, 1.165) is 18.7 Å². The van der Waals surface area contributed by atoms with E-state index in [-0.39, 0.29) is 12.0 Å². The standard InChI is InChI=1S/C14H21NO2/c1-3-12-6-13(5-4-11(12)2)15-7-14(8-16)9-17-10-14/h4-6,15-16H,3,7-10H2,1-2H3. The number of aliphatic hydroxyl groups excluding tert-OH is 1. The van der Waals surface area contributed by atoms with Crippen molar-refractivity contribution in [2.24, 2.45) is 5.41 Å².